The van der Waals surface area contributed by atoms with Crippen LogP contribution in [0.4, 0.5) is 4.79 Å². The summed E-state index contributed by atoms with van der Waals surface area (Å²) in [6.07, 6.45) is 3.27. The number of hydrogen-bond acceptors (Lipinski definition) is 5. The third kappa shape index (κ3) is 3.33. The zero-order chi connectivity index (χ0) is 22.4. The first-order chi connectivity index (χ1) is 14.7. The number of hydrogen-bond donors (Lipinski definition) is 0. The molecule has 1 aliphatic rings. The van der Waals surface area contributed by atoms with E-state index in [4.69, 9.17) is 0 Å². The van der Waals surface area contributed by atoms with Gasteiger partial charge in [-0.25, -0.2) is 4.98 Å². The summed E-state index contributed by atoms with van der Waals surface area (Å²) < 4.78 is 3.33. The van der Waals surface area contributed by atoms with Gasteiger partial charge in [-0.2, -0.15) is 4.68 Å². The van der Waals surface area contributed by atoms with E-state index in [1.807, 2.05) is 38.1 Å². The average molecular weight is 435 g/mol. The van der Waals surface area contributed by atoms with Crippen molar-refractivity contribution in [3.05, 3.63) is 81.0 Å². The number of aromatic nitrogens is 3. The molecule has 1 saturated heterocycles. The fourth-order valence-electron chi connectivity index (χ4n) is 3.78. The van der Waals surface area contributed by atoms with Gasteiger partial charge in [0.25, 0.3) is 16.7 Å². The Balaban J connectivity index is 1.84. The maximum absolute atomic E-state index is 13.2. The minimum absolute atomic E-state index is 0.170. The van der Waals surface area contributed by atoms with Gasteiger partial charge in [-0.3, -0.25) is 24.0 Å². The van der Waals surface area contributed by atoms with E-state index in [2.05, 4.69) is 11.6 Å². The Hall–Kier alpha value is -3.39. The summed E-state index contributed by atoms with van der Waals surface area (Å²) in [5.74, 6) is 0.213. The Labute approximate surface area is 183 Å². The molecule has 1 aliphatic heterocycles. The number of aryl methyl sites for hydroxylation is 2. The fraction of sp³-hybridized carbons (Fsp3) is 0.217. The van der Waals surface area contributed by atoms with Crippen molar-refractivity contribution in [2.75, 3.05) is 0 Å². The second-order valence-electron chi connectivity index (χ2n) is 7.46. The van der Waals surface area contributed by atoms with Crippen LogP contribution in [0.5, 0.6) is 0 Å². The summed E-state index contributed by atoms with van der Waals surface area (Å²) in [5.41, 5.74) is 2.81. The number of nitrogens with zero attached hydrogens (tertiary/aromatic N) is 4. The average Bonchev–Trinajstić information content (AvgIpc) is 3.17. The standard InChI is InChI=1S/C23H22N4O3S/c1-6-13(2)25-22(29)20(31-23(25)30)12-17-11-14(3)26(15(17)4)27-16(5)24-19-10-8-7-9-18(19)21(27)28/h6-13H,1H2,2-5H3. The topological polar surface area (TPSA) is 77.2 Å². The first-order valence-corrected chi connectivity index (χ1v) is 10.6. The lowest BCUT2D eigenvalue weighted by atomic mass is 10.2. The van der Waals surface area contributed by atoms with Gasteiger partial charge in [-0.15, -0.1) is 6.58 Å². The predicted octanol–water partition coefficient (Wildman–Crippen LogP) is 4.05. The predicted molar refractivity (Wildman–Crippen MR) is 123 cm³/mol. The van der Waals surface area contributed by atoms with Gasteiger partial charge in [0.2, 0.25) is 0 Å². The molecule has 0 radical (unpaired) electrons. The van der Waals surface area contributed by atoms with Gasteiger partial charge in [-0.05, 0) is 69.3 Å². The fourth-order valence-corrected chi connectivity index (χ4v) is 4.69. The highest BCUT2D eigenvalue weighted by Gasteiger charge is 2.37. The van der Waals surface area contributed by atoms with Crippen molar-refractivity contribution < 1.29 is 9.59 Å². The molecule has 3 heterocycles. The summed E-state index contributed by atoms with van der Waals surface area (Å²) in [5, 5.41) is 0.213. The van der Waals surface area contributed by atoms with Gasteiger partial charge < -0.3 is 0 Å². The molecule has 0 spiro atoms. The summed E-state index contributed by atoms with van der Waals surface area (Å²) in [4.78, 5) is 44.4. The molecule has 1 fully saturated rings. The number of amides is 2. The molecule has 8 heteroatoms. The zero-order valence-electron chi connectivity index (χ0n) is 17.7. The van der Waals surface area contributed by atoms with Crippen molar-refractivity contribution in [2.45, 2.75) is 33.7 Å². The molecule has 0 bridgehead atoms. The number of carbonyl (C=O) groups excluding carboxylic acids is 2. The van der Waals surface area contributed by atoms with E-state index >= 15 is 0 Å². The number of carbonyl (C=O) groups is 2. The zero-order valence-corrected chi connectivity index (χ0v) is 18.6. The Kier molecular flexibility index (Phi) is 5.18. The molecule has 1 aromatic carbocycles. The Bertz CT molecular complexity index is 1350. The van der Waals surface area contributed by atoms with E-state index in [-0.39, 0.29) is 22.7 Å². The van der Waals surface area contributed by atoms with Crippen LogP contribution in [0.3, 0.4) is 0 Å². The molecule has 2 aromatic heterocycles. The summed E-state index contributed by atoms with van der Waals surface area (Å²) in [7, 11) is 0. The van der Waals surface area contributed by atoms with Crippen molar-refractivity contribution in [3.8, 4) is 0 Å². The van der Waals surface area contributed by atoms with Crippen LogP contribution in [0.15, 0.2) is 52.7 Å². The Morgan fingerprint density at radius 2 is 1.81 bits per heavy atom. The van der Waals surface area contributed by atoms with Gasteiger partial charge in [-0.1, -0.05) is 18.2 Å². The molecule has 31 heavy (non-hydrogen) atoms. The molecular formula is C23H22N4O3S. The van der Waals surface area contributed by atoms with Crippen LogP contribution in [-0.2, 0) is 4.79 Å². The summed E-state index contributed by atoms with van der Waals surface area (Å²) in [6, 6.07) is 8.74. The van der Waals surface area contributed by atoms with E-state index in [9.17, 15) is 14.4 Å². The van der Waals surface area contributed by atoms with Crippen molar-refractivity contribution in [2.24, 2.45) is 0 Å². The van der Waals surface area contributed by atoms with Crippen molar-refractivity contribution in [3.63, 3.8) is 0 Å². The van der Waals surface area contributed by atoms with Gasteiger partial charge >= 0.3 is 0 Å². The quantitative estimate of drug-likeness (QED) is 0.457. The van der Waals surface area contributed by atoms with Gasteiger partial charge in [0.15, 0.2) is 0 Å². The van der Waals surface area contributed by atoms with Gasteiger partial charge in [0.1, 0.15) is 5.82 Å². The molecule has 0 aliphatic carbocycles. The molecule has 2 amide bonds. The highest BCUT2D eigenvalue weighted by atomic mass is 32.2. The van der Waals surface area contributed by atoms with Crippen LogP contribution in [0.1, 0.15) is 29.7 Å². The summed E-state index contributed by atoms with van der Waals surface area (Å²) >= 11 is 0.909. The molecule has 158 valence electrons. The molecule has 1 unspecified atom stereocenters. The number of rotatable bonds is 4. The second-order valence-corrected chi connectivity index (χ2v) is 8.45. The largest absolute Gasteiger partial charge is 0.294 e. The molecule has 1 atom stereocenters. The highest BCUT2D eigenvalue weighted by Crippen LogP contribution is 2.34. The van der Waals surface area contributed by atoms with Crippen LogP contribution < -0.4 is 5.56 Å². The minimum atomic E-state index is -0.379. The van der Waals surface area contributed by atoms with Gasteiger partial charge in [0, 0.05) is 11.4 Å². The van der Waals surface area contributed by atoms with Crippen molar-refractivity contribution >= 4 is 39.9 Å². The van der Waals surface area contributed by atoms with Crippen LogP contribution >= 0.6 is 11.8 Å². The molecule has 3 aromatic rings. The maximum Gasteiger partial charge on any atom is 0.294 e. The van der Waals surface area contributed by atoms with E-state index < -0.39 is 0 Å². The number of fused-ring (bicyclic) bond motifs is 1. The Morgan fingerprint density at radius 3 is 2.52 bits per heavy atom. The summed E-state index contributed by atoms with van der Waals surface area (Å²) in [6.45, 7) is 11.0. The van der Waals surface area contributed by atoms with Gasteiger partial charge in [0.05, 0.1) is 21.8 Å². The van der Waals surface area contributed by atoms with E-state index in [0.29, 0.717) is 21.6 Å². The number of benzene rings is 1. The molecule has 7 nitrogen and oxygen atoms in total. The molecular weight excluding hydrogens is 412 g/mol. The van der Waals surface area contributed by atoms with Crippen molar-refractivity contribution in [1.82, 2.24) is 19.2 Å². The molecule has 0 saturated carbocycles. The molecule has 4 rings (SSSR count). The Morgan fingerprint density at radius 1 is 1.10 bits per heavy atom. The van der Waals surface area contributed by atoms with Crippen LogP contribution in [0.25, 0.3) is 17.0 Å². The maximum atomic E-state index is 13.2. The van der Waals surface area contributed by atoms with Crippen LogP contribution in [0, 0.1) is 20.8 Å². The van der Waals surface area contributed by atoms with E-state index in [1.54, 1.807) is 36.7 Å². The lowest BCUT2D eigenvalue weighted by molar-refractivity contribution is -0.123. The van der Waals surface area contributed by atoms with E-state index in [1.165, 1.54) is 9.58 Å². The van der Waals surface area contributed by atoms with Crippen LogP contribution in [-0.4, -0.2) is 36.4 Å². The van der Waals surface area contributed by atoms with E-state index in [0.717, 1.165) is 28.7 Å². The minimum Gasteiger partial charge on any atom is -0.268 e. The lowest BCUT2D eigenvalue weighted by Crippen LogP contribution is -2.35. The normalized spacial score (nSPS) is 16.5. The number of para-hydroxylation sites is 1. The van der Waals surface area contributed by atoms with Crippen LogP contribution in [0.2, 0.25) is 0 Å². The third-order valence-corrected chi connectivity index (χ3v) is 6.29. The highest BCUT2D eigenvalue weighted by molar-refractivity contribution is 8.18. The molecule has 0 N–H and O–H groups in total. The first-order valence-electron chi connectivity index (χ1n) is 9.82. The number of thioether (sulfide) groups is 1. The lowest BCUT2D eigenvalue weighted by Gasteiger charge is -2.17. The first kappa shape index (κ1) is 20.9. The van der Waals surface area contributed by atoms with Crippen molar-refractivity contribution in [1.29, 1.82) is 0 Å². The SMILES string of the molecule is C=CC(C)N1C(=O)SC(=Cc2cc(C)n(-n3c(C)nc4ccccc4c3=O)c2C)C1=O. The number of imide groups is 1. The monoisotopic (exact) mass is 434 g/mol. The third-order valence-electron chi connectivity index (χ3n) is 5.41. The second kappa shape index (κ2) is 7.70. The smallest absolute Gasteiger partial charge is 0.268 e.